The van der Waals surface area contributed by atoms with Gasteiger partial charge in [-0.3, -0.25) is 0 Å². The smallest absolute Gasteiger partial charge is 0.119 e. The third kappa shape index (κ3) is 2.63. The molecule has 2 aromatic rings. The van der Waals surface area contributed by atoms with E-state index in [9.17, 15) is 0 Å². The minimum Gasteiger partial charge on any atom is -0.493 e. The summed E-state index contributed by atoms with van der Waals surface area (Å²) in [5.74, 6) is 0.896. The highest BCUT2D eigenvalue weighted by Gasteiger charge is 2.18. The van der Waals surface area contributed by atoms with Crippen LogP contribution in [0.15, 0.2) is 40.2 Å². The van der Waals surface area contributed by atoms with E-state index in [0.29, 0.717) is 6.61 Å². The third-order valence-electron chi connectivity index (χ3n) is 3.38. The number of nitrogens with zero attached hydrogens (tertiary/aromatic N) is 1. The number of hydrogen-bond donors (Lipinski definition) is 1. The van der Waals surface area contributed by atoms with Gasteiger partial charge < -0.3 is 9.94 Å². The molecule has 0 atom stereocenters. The zero-order chi connectivity index (χ0) is 13.1. The van der Waals surface area contributed by atoms with Crippen molar-refractivity contribution < 1.29 is 9.94 Å². The van der Waals surface area contributed by atoms with Crippen LogP contribution in [0.25, 0.3) is 0 Å². The molecule has 0 bridgehead atoms. The maximum atomic E-state index is 8.89. The van der Waals surface area contributed by atoms with Crippen molar-refractivity contribution in [2.24, 2.45) is 5.16 Å². The van der Waals surface area contributed by atoms with Crippen molar-refractivity contribution in [1.29, 1.82) is 0 Å². The number of rotatable bonds is 4. The van der Waals surface area contributed by atoms with Crippen LogP contribution in [-0.2, 0) is 12.8 Å². The first-order chi connectivity index (χ1) is 9.36. The van der Waals surface area contributed by atoms with Crippen LogP contribution in [0.1, 0.15) is 23.1 Å². The molecule has 1 aliphatic carbocycles. The molecule has 0 saturated carbocycles. The Hall–Kier alpha value is -1.81. The number of oxime groups is 1. The number of ether oxygens (including phenoxy) is 1. The molecule has 0 spiro atoms. The molecule has 1 aromatic heterocycles. The Morgan fingerprint density at radius 2 is 2.21 bits per heavy atom. The lowest BCUT2D eigenvalue weighted by Crippen LogP contribution is -2.01. The Morgan fingerprint density at radius 1 is 1.26 bits per heavy atom. The van der Waals surface area contributed by atoms with E-state index in [1.54, 1.807) is 11.3 Å². The molecular formula is C15H15NO2S. The minimum absolute atomic E-state index is 0.691. The highest BCUT2D eigenvalue weighted by molar-refractivity contribution is 7.07. The monoisotopic (exact) mass is 273 g/mol. The largest absolute Gasteiger partial charge is 0.493 e. The van der Waals surface area contributed by atoms with E-state index in [4.69, 9.17) is 9.94 Å². The van der Waals surface area contributed by atoms with Gasteiger partial charge in [0.15, 0.2) is 0 Å². The summed E-state index contributed by atoms with van der Waals surface area (Å²) < 4.78 is 5.78. The lowest BCUT2D eigenvalue weighted by Gasteiger charge is -2.07. The van der Waals surface area contributed by atoms with Crippen LogP contribution in [0.2, 0.25) is 0 Å². The van der Waals surface area contributed by atoms with Crippen molar-refractivity contribution >= 4 is 17.0 Å². The van der Waals surface area contributed by atoms with Crippen LogP contribution in [-0.4, -0.2) is 17.5 Å². The second-order valence-electron chi connectivity index (χ2n) is 4.60. The summed E-state index contributed by atoms with van der Waals surface area (Å²) in [5, 5.41) is 16.5. The first kappa shape index (κ1) is 12.2. The van der Waals surface area contributed by atoms with Crippen LogP contribution in [0.5, 0.6) is 5.75 Å². The summed E-state index contributed by atoms with van der Waals surface area (Å²) >= 11 is 1.71. The molecule has 1 aliphatic rings. The molecule has 0 saturated heterocycles. The summed E-state index contributed by atoms with van der Waals surface area (Å²) in [6.45, 7) is 0.691. The standard InChI is InChI=1S/C15H15NO2S/c17-16-15-4-1-12-9-13(2-3-14(12)15)18-7-5-11-6-8-19-10-11/h2-3,6,8-10,17H,1,4-5,7H2/b16-15-. The van der Waals surface area contributed by atoms with Gasteiger partial charge in [0.05, 0.1) is 12.3 Å². The lowest BCUT2D eigenvalue weighted by atomic mass is 10.1. The molecule has 3 nitrogen and oxygen atoms in total. The average Bonchev–Trinajstić information content (AvgIpc) is 3.07. The van der Waals surface area contributed by atoms with Gasteiger partial charge in [-0.1, -0.05) is 5.16 Å². The fourth-order valence-corrected chi connectivity index (χ4v) is 3.06. The molecule has 0 radical (unpaired) electrons. The Kier molecular flexibility index (Phi) is 3.51. The quantitative estimate of drug-likeness (QED) is 0.684. The summed E-state index contributed by atoms with van der Waals surface area (Å²) in [4.78, 5) is 0. The Bertz CT molecular complexity index is 590. The predicted octanol–water partition coefficient (Wildman–Crippen LogP) is 3.49. The second kappa shape index (κ2) is 5.45. The maximum absolute atomic E-state index is 8.89. The molecule has 0 aliphatic heterocycles. The number of benzene rings is 1. The molecule has 1 N–H and O–H groups in total. The van der Waals surface area contributed by atoms with Crippen molar-refractivity contribution in [2.45, 2.75) is 19.3 Å². The van der Waals surface area contributed by atoms with Crippen LogP contribution < -0.4 is 4.74 Å². The van der Waals surface area contributed by atoms with Gasteiger partial charge in [0.2, 0.25) is 0 Å². The fourth-order valence-electron chi connectivity index (χ4n) is 2.36. The number of hydrogen-bond acceptors (Lipinski definition) is 4. The van der Waals surface area contributed by atoms with Gasteiger partial charge in [-0.2, -0.15) is 11.3 Å². The normalized spacial score (nSPS) is 15.7. The maximum Gasteiger partial charge on any atom is 0.119 e. The number of fused-ring (bicyclic) bond motifs is 1. The topological polar surface area (TPSA) is 41.8 Å². The van der Waals surface area contributed by atoms with Crippen LogP contribution in [0.3, 0.4) is 0 Å². The molecule has 98 valence electrons. The Labute approximate surface area is 116 Å². The van der Waals surface area contributed by atoms with Crippen molar-refractivity contribution in [3.63, 3.8) is 0 Å². The highest BCUT2D eigenvalue weighted by atomic mass is 32.1. The zero-order valence-electron chi connectivity index (χ0n) is 10.5. The number of thiophene rings is 1. The van der Waals surface area contributed by atoms with E-state index in [1.165, 1.54) is 11.1 Å². The van der Waals surface area contributed by atoms with E-state index < -0.39 is 0 Å². The summed E-state index contributed by atoms with van der Waals surface area (Å²) in [6, 6.07) is 8.11. The summed E-state index contributed by atoms with van der Waals surface area (Å²) in [5.41, 5.74) is 4.36. The first-order valence-electron chi connectivity index (χ1n) is 6.35. The minimum atomic E-state index is 0.691. The first-order valence-corrected chi connectivity index (χ1v) is 7.29. The van der Waals surface area contributed by atoms with Crippen LogP contribution in [0, 0.1) is 0 Å². The van der Waals surface area contributed by atoms with Gasteiger partial charge in [-0.05, 0) is 59.0 Å². The van der Waals surface area contributed by atoms with Gasteiger partial charge in [0, 0.05) is 12.0 Å². The van der Waals surface area contributed by atoms with Gasteiger partial charge >= 0.3 is 0 Å². The molecule has 0 fully saturated rings. The van der Waals surface area contributed by atoms with Crippen LogP contribution >= 0.6 is 11.3 Å². The molecule has 0 unspecified atom stereocenters. The second-order valence-corrected chi connectivity index (χ2v) is 5.38. The number of aryl methyl sites for hydroxylation is 1. The zero-order valence-corrected chi connectivity index (χ0v) is 11.3. The molecule has 1 heterocycles. The van der Waals surface area contributed by atoms with Gasteiger partial charge in [0.1, 0.15) is 5.75 Å². The molecule has 1 aromatic carbocycles. The Morgan fingerprint density at radius 3 is 3.00 bits per heavy atom. The SMILES string of the molecule is O/N=C1/CCc2cc(OCCc3ccsc3)ccc21. The van der Waals surface area contributed by atoms with Crippen molar-refractivity contribution in [1.82, 2.24) is 0 Å². The molecule has 19 heavy (non-hydrogen) atoms. The van der Waals surface area contributed by atoms with E-state index in [0.717, 1.165) is 36.3 Å². The van der Waals surface area contributed by atoms with Crippen molar-refractivity contribution in [3.8, 4) is 5.75 Å². The molecule has 0 amide bonds. The van der Waals surface area contributed by atoms with E-state index in [2.05, 4.69) is 28.0 Å². The van der Waals surface area contributed by atoms with Crippen molar-refractivity contribution in [2.75, 3.05) is 6.61 Å². The fraction of sp³-hybridized carbons (Fsp3) is 0.267. The lowest BCUT2D eigenvalue weighted by molar-refractivity contribution is 0.318. The van der Waals surface area contributed by atoms with Gasteiger partial charge in [-0.25, -0.2) is 0 Å². The van der Waals surface area contributed by atoms with E-state index in [-0.39, 0.29) is 0 Å². The van der Waals surface area contributed by atoms with E-state index in [1.807, 2.05) is 12.1 Å². The molecule has 3 rings (SSSR count). The Balaban J connectivity index is 1.64. The molecular weight excluding hydrogens is 258 g/mol. The molecule has 4 heteroatoms. The highest BCUT2D eigenvalue weighted by Crippen LogP contribution is 2.26. The predicted molar refractivity (Wildman–Crippen MR) is 76.6 cm³/mol. The van der Waals surface area contributed by atoms with Gasteiger partial charge in [0.25, 0.3) is 0 Å². The van der Waals surface area contributed by atoms with Gasteiger partial charge in [-0.15, -0.1) is 0 Å². The van der Waals surface area contributed by atoms with Crippen molar-refractivity contribution in [3.05, 3.63) is 51.7 Å². The summed E-state index contributed by atoms with van der Waals surface area (Å²) in [7, 11) is 0. The van der Waals surface area contributed by atoms with E-state index >= 15 is 0 Å². The third-order valence-corrected chi connectivity index (χ3v) is 4.11. The average molecular weight is 273 g/mol. The summed E-state index contributed by atoms with van der Waals surface area (Å²) in [6.07, 6.45) is 2.67. The van der Waals surface area contributed by atoms with Crippen LogP contribution in [0.4, 0.5) is 0 Å².